The Kier molecular flexibility index (Phi) is 1.74. The first-order chi connectivity index (χ1) is 4.29. The number of hydrogen-bond donors (Lipinski definition) is 0. The number of cyclic esters (lactones) is 1. The number of carbonyl (C=O) groups is 1. The average molecular weight is 128 g/mol. The Hall–Kier alpha value is -0.530. The van der Waals surface area contributed by atoms with Crippen molar-refractivity contribution in [3.63, 3.8) is 0 Å². The Bertz CT molecular complexity index is 120. The zero-order valence-electron chi connectivity index (χ0n) is 5.89. The highest BCUT2D eigenvalue weighted by atomic mass is 16.6. The maximum atomic E-state index is 10.6. The summed E-state index contributed by atoms with van der Waals surface area (Å²) in [5.41, 5.74) is 0. The van der Waals surface area contributed by atoms with Crippen molar-refractivity contribution in [3.05, 3.63) is 0 Å². The van der Waals surface area contributed by atoms with Crippen molar-refractivity contribution in [1.82, 2.24) is 0 Å². The molecule has 0 saturated carbocycles. The van der Waals surface area contributed by atoms with Gasteiger partial charge in [-0.3, -0.25) is 4.79 Å². The van der Waals surface area contributed by atoms with Gasteiger partial charge in [0.2, 0.25) is 0 Å². The highest BCUT2D eigenvalue weighted by Crippen LogP contribution is 2.27. The molecule has 0 bridgehead atoms. The van der Waals surface area contributed by atoms with E-state index in [0.29, 0.717) is 0 Å². The highest BCUT2D eigenvalue weighted by Gasteiger charge is 2.39. The van der Waals surface area contributed by atoms with Gasteiger partial charge in [-0.2, -0.15) is 0 Å². The first-order valence-corrected chi connectivity index (χ1v) is 3.50. The second kappa shape index (κ2) is 2.38. The summed E-state index contributed by atoms with van der Waals surface area (Å²) in [6.07, 6.45) is 2.11. The predicted octanol–water partition coefficient (Wildman–Crippen LogP) is 1.35. The molecule has 0 aromatic heterocycles. The summed E-state index contributed by atoms with van der Waals surface area (Å²) in [7, 11) is 0. The zero-order chi connectivity index (χ0) is 6.85. The summed E-state index contributed by atoms with van der Waals surface area (Å²) in [6, 6.07) is 0. The summed E-state index contributed by atoms with van der Waals surface area (Å²) in [4.78, 5) is 10.6. The second-order valence-corrected chi connectivity index (χ2v) is 2.40. The van der Waals surface area contributed by atoms with E-state index < -0.39 is 0 Å². The van der Waals surface area contributed by atoms with Crippen molar-refractivity contribution in [2.45, 2.75) is 32.8 Å². The average Bonchev–Trinajstić information content (AvgIpc) is 1.83. The van der Waals surface area contributed by atoms with Crippen LogP contribution in [0.15, 0.2) is 0 Å². The summed E-state index contributed by atoms with van der Waals surface area (Å²) in [5.74, 6) is 0.194. The lowest BCUT2D eigenvalue weighted by molar-refractivity contribution is -0.184. The van der Waals surface area contributed by atoms with Crippen LogP contribution in [0.1, 0.15) is 26.7 Å². The Morgan fingerprint density at radius 1 is 1.44 bits per heavy atom. The Balaban J connectivity index is 2.38. The molecule has 2 atom stereocenters. The topological polar surface area (TPSA) is 26.3 Å². The van der Waals surface area contributed by atoms with Gasteiger partial charge in [-0.25, -0.2) is 0 Å². The lowest BCUT2D eigenvalue weighted by atomic mass is 9.92. The Labute approximate surface area is 55.2 Å². The van der Waals surface area contributed by atoms with Gasteiger partial charge in [-0.05, 0) is 12.8 Å². The minimum absolute atomic E-state index is 0.00986. The van der Waals surface area contributed by atoms with Crippen molar-refractivity contribution in [3.8, 4) is 0 Å². The molecule has 1 fully saturated rings. The molecule has 0 aromatic rings. The van der Waals surface area contributed by atoms with E-state index in [1.54, 1.807) is 0 Å². The maximum absolute atomic E-state index is 10.6. The molecule has 1 aliphatic heterocycles. The van der Waals surface area contributed by atoms with E-state index in [0.717, 1.165) is 12.8 Å². The molecule has 1 aliphatic rings. The molecule has 0 N–H and O–H groups in total. The van der Waals surface area contributed by atoms with Gasteiger partial charge in [0.15, 0.2) is 0 Å². The van der Waals surface area contributed by atoms with Crippen LogP contribution >= 0.6 is 0 Å². The van der Waals surface area contributed by atoms with E-state index in [-0.39, 0.29) is 18.0 Å². The lowest BCUT2D eigenvalue weighted by Crippen LogP contribution is -2.44. The van der Waals surface area contributed by atoms with Crippen molar-refractivity contribution in [2.24, 2.45) is 5.92 Å². The molecular formula is C7H12O2. The molecule has 1 heterocycles. The van der Waals surface area contributed by atoms with E-state index in [2.05, 4.69) is 0 Å². The smallest absolute Gasteiger partial charge is 0.312 e. The molecule has 0 unspecified atom stereocenters. The molecule has 0 spiro atoms. The quantitative estimate of drug-likeness (QED) is 0.525. The molecular weight excluding hydrogens is 116 g/mol. The SMILES string of the molecule is CC[C@H]1OC(=O)[C@@H]1CC. The van der Waals surface area contributed by atoms with Crippen molar-refractivity contribution < 1.29 is 9.53 Å². The molecule has 0 radical (unpaired) electrons. The van der Waals surface area contributed by atoms with Gasteiger partial charge in [0.05, 0.1) is 5.92 Å². The van der Waals surface area contributed by atoms with Crippen LogP contribution in [0.4, 0.5) is 0 Å². The third-order valence-electron chi connectivity index (χ3n) is 1.86. The molecule has 9 heavy (non-hydrogen) atoms. The van der Waals surface area contributed by atoms with Crippen LogP contribution in [0, 0.1) is 5.92 Å². The molecule has 2 heteroatoms. The van der Waals surface area contributed by atoms with Crippen LogP contribution < -0.4 is 0 Å². The van der Waals surface area contributed by atoms with Crippen molar-refractivity contribution in [1.29, 1.82) is 0 Å². The summed E-state index contributed by atoms with van der Waals surface area (Å²) in [5, 5.41) is 0. The Morgan fingerprint density at radius 2 is 2.11 bits per heavy atom. The van der Waals surface area contributed by atoms with E-state index in [9.17, 15) is 4.79 Å². The summed E-state index contributed by atoms with van der Waals surface area (Å²) in [6.45, 7) is 4.06. The molecule has 1 rings (SSSR count). The zero-order valence-corrected chi connectivity index (χ0v) is 5.89. The molecule has 0 amide bonds. The van der Waals surface area contributed by atoms with Crippen LogP contribution in [0.2, 0.25) is 0 Å². The van der Waals surface area contributed by atoms with Gasteiger partial charge < -0.3 is 4.74 Å². The number of esters is 1. The predicted molar refractivity (Wildman–Crippen MR) is 34.0 cm³/mol. The summed E-state index contributed by atoms with van der Waals surface area (Å²) < 4.78 is 4.85. The van der Waals surface area contributed by atoms with Crippen molar-refractivity contribution >= 4 is 5.97 Å². The van der Waals surface area contributed by atoms with Gasteiger partial charge in [0.25, 0.3) is 0 Å². The lowest BCUT2D eigenvalue weighted by Gasteiger charge is -2.33. The Morgan fingerprint density at radius 3 is 2.33 bits per heavy atom. The molecule has 0 aliphatic carbocycles. The molecule has 52 valence electrons. The minimum atomic E-state index is -0.00986. The fourth-order valence-corrected chi connectivity index (χ4v) is 1.20. The van der Waals surface area contributed by atoms with Crippen LogP contribution in [-0.4, -0.2) is 12.1 Å². The van der Waals surface area contributed by atoms with Crippen LogP contribution in [0.25, 0.3) is 0 Å². The first kappa shape index (κ1) is 6.59. The normalized spacial score (nSPS) is 33.3. The minimum Gasteiger partial charge on any atom is -0.461 e. The van der Waals surface area contributed by atoms with Crippen LogP contribution in [0.3, 0.4) is 0 Å². The number of hydrogen-bond acceptors (Lipinski definition) is 2. The highest BCUT2D eigenvalue weighted by molar-refractivity contribution is 5.78. The number of ether oxygens (including phenoxy) is 1. The molecule has 2 nitrogen and oxygen atoms in total. The second-order valence-electron chi connectivity index (χ2n) is 2.40. The van der Waals surface area contributed by atoms with E-state index in [4.69, 9.17) is 4.74 Å². The van der Waals surface area contributed by atoms with Gasteiger partial charge in [0, 0.05) is 0 Å². The maximum Gasteiger partial charge on any atom is 0.312 e. The van der Waals surface area contributed by atoms with Gasteiger partial charge in [-0.15, -0.1) is 0 Å². The number of carbonyl (C=O) groups excluding carboxylic acids is 1. The number of rotatable bonds is 2. The van der Waals surface area contributed by atoms with Crippen molar-refractivity contribution in [2.75, 3.05) is 0 Å². The molecule has 0 aromatic carbocycles. The van der Waals surface area contributed by atoms with Gasteiger partial charge in [-0.1, -0.05) is 13.8 Å². The van der Waals surface area contributed by atoms with E-state index >= 15 is 0 Å². The fraction of sp³-hybridized carbons (Fsp3) is 0.857. The van der Waals surface area contributed by atoms with Crippen LogP contribution in [-0.2, 0) is 9.53 Å². The van der Waals surface area contributed by atoms with Crippen LogP contribution in [0.5, 0.6) is 0 Å². The standard InChI is InChI=1S/C7H12O2/c1-3-5-6(4-2)9-7(5)8/h5-6H,3-4H2,1-2H3/t5-,6-/m1/s1. The first-order valence-electron chi connectivity index (χ1n) is 3.50. The van der Waals surface area contributed by atoms with Gasteiger partial charge in [0.1, 0.15) is 6.10 Å². The molecule has 1 saturated heterocycles. The third kappa shape index (κ3) is 0.934. The monoisotopic (exact) mass is 128 g/mol. The van der Waals surface area contributed by atoms with E-state index in [1.165, 1.54) is 0 Å². The van der Waals surface area contributed by atoms with Gasteiger partial charge >= 0.3 is 5.97 Å². The fourth-order valence-electron chi connectivity index (χ4n) is 1.20. The largest absolute Gasteiger partial charge is 0.461 e. The third-order valence-corrected chi connectivity index (χ3v) is 1.86. The summed E-state index contributed by atoms with van der Waals surface area (Å²) >= 11 is 0. The van der Waals surface area contributed by atoms with E-state index in [1.807, 2.05) is 13.8 Å².